The number of hydrogen-bond acceptors (Lipinski definition) is 4. The van der Waals surface area contributed by atoms with Gasteiger partial charge in [-0.1, -0.05) is 13.8 Å². The van der Waals surface area contributed by atoms with Gasteiger partial charge in [0.15, 0.2) is 0 Å². The van der Waals surface area contributed by atoms with Gasteiger partial charge < -0.3 is 21.9 Å². The topological polar surface area (TPSA) is 136 Å². The van der Waals surface area contributed by atoms with Gasteiger partial charge >= 0.3 is 5.97 Å². The first-order valence-electron chi connectivity index (χ1n) is 5.31. The van der Waals surface area contributed by atoms with E-state index in [4.69, 9.17) is 16.6 Å². The lowest BCUT2D eigenvalue weighted by atomic mass is 10.0. The highest BCUT2D eigenvalue weighted by Gasteiger charge is 2.25. The fraction of sp³-hybridized carbons (Fsp3) is 0.700. The minimum Gasteiger partial charge on any atom is -0.480 e. The number of hydrogen-bond donors (Lipinski definition) is 4. The lowest BCUT2D eigenvalue weighted by Crippen LogP contribution is -2.50. The molecule has 0 fully saturated rings. The fourth-order valence-corrected chi connectivity index (χ4v) is 1.29. The van der Waals surface area contributed by atoms with Gasteiger partial charge in [-0.2, -0.15) is 0 Å². The van der Waals surface area contributed by atoms with E-state index in [1.807, 2.05) is 13.8 Å². The van der Waals surface area contributed by atoms with E-state index in [-0.39, 0.29) is 5.92 Å². The number of rotatable bonds is 7. The van der Waals surface area contributed by atoms with Crippen molar-refractivity contribution < 1.29 is 19.5 Å². The van der Waals surface area contributed by atoms with Crippen molar-refractivity contribution in [3.8, 4) is 0 Å². The zero-order valence-corrected chi connectivity index (χ0v) is 9.97. The molecular formula is C10H19N3O4. The van der Waals surface area contributed by atoms with Crippen LogP contribution in [-0.2, 0) is 14.4 Å². The van der Waals surface area contributed by atoms with Gasteiger partial charge in [0.1, 0.15) is 6.04 Å². The van der Waals surface area contributed by atoms with E-state index in [9.17, 15) is 14.4 Å². The molecule has 98 valence electrons. The molecule has 0 radical (unpaired) electrons. The summed E-state index contributed by atoms with van der Waals surface area (Å²) >= 11 is 0. The molecule has 0 rings (SSSR count). The van der Waals surface area contributed by atoms with Gasteiger partial charge in [-0.15, -0.1) is 0 Å². The molecule has 0 heterocycles. The van der Waals surface area contributed by atoms with E-state index in [1.54, 1.807) is 0 Å². The van der Waals surface area contributed by atoms with Crippen molar-refractivity contribution in [2.75, 3.05) is 0 Å². The largest absolute Gasteiger partial charge is 0.480 e. The Morgan fingerprint density at radius 1 is 1.29 bits per heavy atom. The first-order chi connectivity index (χ1) is 7.73. The molecule has 0 aromatic heterocycles. The fourth-order valence-electron chi connectivity index (χ4n) is 1.29. The van der Waals surface area contributed by atoms with Gasteiger partial charge in [0.05, 0.1) is 12.5 Å². The second kappa shape index (κ2) is 6.85. The van der Waals surface area contributed by atoms with Crippen LogP contribution < -0.4 is 16.8 Å². The molecule has 7 nitrogen and oxygen atoms in total. The Morgan fingerprint density at radius 3 is 2.18 bits per heavy atom. The van der Waals surface area contributed by atoms with E-state index in [0.717, 1.165) is 0 Å². The Bertz CT molecular complexity index is 304. The molecule has 6 N–H and O–H groups in total. The molecule has 0 aliphatic rings. The molecule has 0 aliphatic carbocycles. The molecule has 7 heteroatoms. The molecule has 0 spiro atoms. The SMILES string of the molecule is CC(C)CC(N)C(=O)NC(CC(N)=O)C(=O)O. The molecule has 0 saturated carbocycles. The zero-order valence-electron chi connectivity index (χ0n) is 9.97. The molecular weight excluding hydrogens is 226 g/mol. The first kappa shape index (κ1) is 15.4. The highest BCUT2D eigenvalue weighted by Crippen LogP contribution is 2.03. The van der Waals surface area contributed by atoms with Crippen LogP contribution in [0, 0.1) is 5.92 Å². The number of nitrogens with two attached hydrogens (primary N) is 2. The number of carboxylic acids is 1. The van der Waals surface area contributed by atoms with Crippen molar-refractivity contribution in [1.29, 1.82) is 0 Å². The number of carbonyl (C=O) groups excluding carboxylic acids is 2. The maximum absolute atomic E-state index is 11.5. The molecule has 2 atom stereocenters. The van der Waals surface area contributed by atoms with E-state index in [0.29, 0.717) is 6.42 Å². The quantitative estimate of drug-likeness (QED) is 0.447. The lowest BCUT2D eigenvalue weighted by molar-refractivity contribution is -0.143. The summed E-state index contributed by atoms with van der Waals surface area (Å²) < 4.78 is 0. The Labute approximate surface area is 99.5 Å². The highest BCUT2D eigenvalue weighted by atomic mass is 16.4. The normalized spacial score (nSPS) is 14.1. The van der Waals surface area contributed by atoms with Crippen LogP contribution >= 0.6 is 0 Å². The summed E-state index contributed by atoms with van der Waals surface area (Å²) in [5.74, 6) is -2.48. The van der Waals surface area contributed by atoms with E-state index < -0.39 is 36.3 Å². The molecule has 2 unspecified atom stereocenters. The molecule has 0 aliphatic heterocycles. The minimum absolute atomic E-state index is 0.218. The molecule has 0 aromatic rings. The summed E-state index contributed by atoms with van der Waals surface area (Å²) in [5.41, 5.74) is 10.5. The van der Waals surface area contributed by atoms with E-state index >= 15 is 0 Å². The van der Waals surface area contributed by atoms with E-state index in [2.05, 4.69) is 5.32 Å². The van der Waals surface area contributed by atoms with Crippen LogP contribution in [0.5, 0.6) is 0 Å². The Balaban J connectivity index is 4.39. The number of nitrogens with one attached hydrogen (secondary N) is 1. The predicted octanol–water partition coefficient (Wildman–Crippen LogP) is -1.20. The molecule has 0 saturated heterocycles. The monoisotopic (exact) mass is 245 g/mol. The molecule has 0 bridgehead atoms. The number of primary amides is 1. The van der Waals surface area contributed by atoms with Crippen molar-refractivity contribution in [3.63, 3.8) is 0 Å². The Morgan fingerprint density at radius 2 is 1.82 bits per heavy atom. The average Bonchev–Trinajstić information content (AvgIpc) is 2.14. The van der Waals surface area contributed by atoms with E-state index in [1.165, 1.54) is 0 Å². The van der Waals surface area contributed by atoms with Crippen molar-refractivity contribution >= 4 is 17.8 Å². The smallest absolute Gasteiger partial charge is 0.326 e. The van der Waals surface area contributed by atoms with Gasteiger partial charge in [-0.05, 0) is 12.3 Å². The Kier molecular flexibility index (Phi) is 6.19. The van der Waals surface area contributed by atoms with Crippen molar-refractivity contribution in [3.05, 3.63) is 0 Å². The summed E-state index contributed by atoms with van der Waals surface area (Å²) in [6.45, 7) is 3.79. The van der Waals surface area contributed by atoms with Gasteiger partial charge in [-0.25, -0.2) is 4.79 Å². The molecule has 0 aromatic carbocycles. The second-order valence-corrected chi connectivity index (χ2v) is 4.31. The third kappa shape index (κ3) is 6.52. The Hall–Kier alpha value is -1.63. The third-order valence-corrected chi connectivity index (χ3v) is 2.08. The van der Waals surface area contributed by atoms with Gasteiger partial charge in [-0.3, -0.25) is 9.59 Å². The van der Waals surface area contributed by atoms with Crippen LogP contribution in [0.2, 0.25) is 0 Å². The van der Waals surface area contributed by atoms with Crippen LogP contribution in [0.1, 0.15) is 26.7 Å². The van der Waals surface area contributed by atoms with Crippen LogP contribution in [-0.4, -0.2) is 35.0 Å². The average molecular weight is 245 g/mol. The van der Waals surface area contributed by atoms with Crippen molar-refractivity contribution in [2.45, 2.75) is 38.8 Å². The predicted molar refractivity (Wildman–Crippen MR) is 60.8 cm³/mol. The van der Waals surface area contributed by atoms with Crippen LogP contribution in [0.4, 0.5) is 0 Å². The summed E-state index contributed by atoms with van der Waals surface area (Å²) in [5, 5.41) is 11.0. The van der Waals surface area contributed by atoms with Crippen LogP contribution in [0.15, 0.2) is 0 Å². The standard InChI is InChI=1S/C10H19N3O4/c1-5(2)3-6(11)9(15)13-7(10(16)17)4-8(12)14/h5-7H,3-4,11H2,1-2H3,(H2,12,14)(H,13,15)(H,16,17). The van der Waals surface area contributed by atoms with Gasteiger partial charge in [0.25, 0.3) is 0 Å². The van der Waals surface area contributed by atoms with Gasteiger partial charge in [0, 0.05) is 0 Å². The number of aliphatic carboxylic acids is 1. The maximum atomic E-state index is 11.5. The van der Waals surface area contributed by atoms with Crippen LogP contribution in [0.25, 0.3) is 0 Å². The maximum Gasteiger partial charge on any atom is 0.326 e. The summed E-state index contributed by atoms with van der Waals surface area (Å²) in [7, 11) is 0. The van der Waals surface area contributed by atoms with Crippen LogP contribution in [0.3, 0.4) is 0 Å². The first-order valence-corrected chi connectivity index (χ1v) is 5.31. The lowest BCUT2D eigenvalue weighted by Gasteiger charge is -2.17. The summed E-state index contributed by atoms with van der Waals surface area (Å²) in [6, 6.07) is -2.11. The van der Waals surface area contributed by atoms with Crippen molar-refractivity contribution in [2.24, 2.45) is 17.4 Å². The zero-order chi connectivity index (χ0) is 13.6. The third-order valence-electron chi connectivity index (χ3n) is 2.08. The number of carboxylic acid groups (broad SMARTS) is 1. The number of amides is 2. The highest BCUT2D eigenvalue weighted by molar-refractivity contribution is 5.89. The summed E-state index contributed by atoms with van der Waals surface area (Å²) in [4.78, 5) is 32.9. The molecule has 17 heavy (non-hydrogen) atoms. The number of carbonyl (C=O) groups is 3. The minimum atomic E-state index is -1.32. The van der Waals surface area contributed by atoms with Gasteiger partial charge in [0.2, 0.25) is 11.8 Å². The van der Waals surface area contributed by atoms with Crippen molar-refractivity contribution in [1.82, 2.24) is 5.32 Å². The second-order valence-electron chi connectivity index (χ2n) is 4.31. The molecule has 2 amide bonds. The summed E-state index contributed by atoms with van der Waals surface area (Å²) in [6.07, 6.45) is -0.00971.